The number of nitrogens with one attached hydrogen (secondary N) is 1. The second-order valence-electron chi connectivity index (χ2n) is 7.64. The molecule has 2 aromatic carbocycles. The first-order chi connectivity index (χ1) is 14.5. The number of morpholine rings is 1. The van der Waals surface area contributed by atoms with E-state index in [1.807, 2.05) is 38.1 Å². The maximum absolute atomic E-state index is 12.9. The Morgan fingerprint density at radius 2 is 1.83 bits per heavy atom. The van der Waals surface area contributed by atoms with Gasteiger partial charge in [0.15, 0.2) is 11.2 Å². The molecule has 0 aliphatic carbocycles. The summed E-state index contributed by atoms with van der Waals surface area (Å²) < 4.78 is 11.3. The van der Waals surface area contributed by atoms with Gasteiger partial charge in [0.2, 0.25) is 0 Å². The third-order valence-corrected chi connectivity index (χ3v) is 5.77. The Balaban J connectivity index is 1.57. The van der Waals surface area contributed by atoms with Gasteiger partial charge >= 0.3 is 0 Å². The van der Waals surface area contributed by atoms with Crippen LogP contribution in [0.4, 0.5) is 0 Å². The van der Waals surface area contributed by atoms with Crippen LogP contribution >= 0.6 is 0 Å². The molecule has 156 valence electrons. The minimum Gasteiger partial charge on any atom is -0.450 e. The van der Waals surface area contributed by atoms with E-state index in [-0.39, 0.29) is 23.1 Å². The van der Waals surface area contributed by atoms with Crippen molar-refractivity contribution in [1.29, 1.82) is 0 Å². The van der Waals surface area contributed by atoms with Crippen LogP contribution in [-0.2, 0) is 4.74 Å². The number of fused-ring (bicyclic) bond motifs is 1. The fourth-order valence-corrected chi connectivity index (χ4v) is 3.86. The smallest absolute Gasteiger partial charge is 0.287 e. The standard InChI is InChI=1S/C24H26N2O4/c1-16-8-9-19-21(27)14-22(30-23(19)17(16)2)24(28)25-15-20(18-6-4-3-5-7-18)26-10-12-29-13-11-26/h3-9,14,20H,10-13,15H2,1-2H3,(H,25,28). The number of carbonyl (C=O) groups excluding carboxylic acids is 1. The maximum Gasteiger partial charge on any atom is 0.287 e. The normalized spacial score (nSPS) is 15.8. The number of ether oxygens (including phenoxy) is 1. The maximum atomic E-state index is 12.9. The van der Waals surface area contributed by atoms with Crippen LogP contribution in [0.2, 0.25) is 0 Å². The van der Waals surface area contributed by atoms with Crippen LogP contribution in [0.25, 0.3) is 11.0 Å². The third kappa shape index (κ3) is 4.15. The largest absolute Gasteiger partial charge is 0.450 e. The zero-order valence-corrected chi connectivity index (χ0v) is 17.3. The highest BCUT2D eigenvalue weighted by atomic mass is 16.5. The van der Waals surface area contributed by atoms with Gasteiger partial charge in [0.05, 0.1) is 24.6 Å². The fourth-order valence-electron chi connectivity index (χ4n) is 3.86. The van der Waals surface area contributed by atoms with Gasteiger partial charge in [-0.3, -0.25) is 14.5 Å². The molecule has 1 aromatic heterocycles. The van der Waals surface area contributed by atoms with Crippen molar-refractivity contribution in [2.24, 2.45) is 0 Å². The molecule has 0 saturated carbocycles. The summed E-state index contributed by atoms with van der Waals surface area (Å²) in [6.45, 7) is 7.22. The van der Waals surface area contributed by atoms with Crippen LogP contribution in [0, 0.1) is 13.8 Å². The van der Waals surface area contributed by atoms with Crippen molar-refractivity contribution in [3.8, 4) is 0 Å². The predicted octanol–water partition coefficient (Wildman–Crippen LogP) is 3.21. The SMILES string of the molecule is Cc1ccc2c(=O)cc(C(=O)NCC(c3ccccc3)N3CCOCC3)oc2c1C. The lowest BCUT2D eigenvalue weighted by molar-refractivity contribution is 0.0161. The average molecular weight is 406 g/mol. The Morgan fingerprint density at radius 3 is 2.57 bits per heavy atom. The van der Waals surface area contributed by atoms with E-state index in [0.29, 0.717) is 30.7 Å². The molecule has 1 amide bonds. The Kier molecular flexibility index (Phi) is 5.97. The highest BCUT2D eigenvalue weighted by Gasteiger charge is 2.24. The molecule has 6 heteroatoms. The number of amides is 1. The summed E-state index contributed by atoms with van der Waals surface area (Å²) in [5.74, 6) is -0.348. The fraction of sp³-hybridized carbons (Fsp3) is 0.333. The molecular weight excluding hydrogens is 380 g/mol. The van der Waals surface area contributed by atoms with Gasteiger partial charge in [0.1, 0.15) is 5.58 Å². The first-order valence-corrected chi connectivity index (χ1v) is 10.2. The van der Waals surface area contributed by atoms with Crippen molar-refractivity contribution in [2.75, 3.05) is 32.8 Å². The van der Waals surface area contributed by atoms with Crippen molar-refractivity contribution in [3.63, 3.8) is 0 Å². The first-order valence-electron chi connectivity index (χ1n) is 10.2. The molecule has 4 rings (SSSR count). The van der Waals surface area contributed by atoms with E-state index in [1.165, 1.54) is 6.07 Å². The van der Waals surface area contributed by atoms with Crippen LogP contribution in [0.15, 0.2) is 57.7 Å². The second-order valence-corrected chi connectivity index (χ2v) is 7.64. The van der Waals surface area contributed by atoms with E-state index < -0.39 is 0 Å². The van der Waals surface area contributed by atoms with Gasteiger partial charge in [-0.2, -0.15) is 0 Å². The lowest BCUT2D eigenvalue weighted by atomic mass is 10.0. The first kappa shape index (κ1) is 20.3. The number of hydrogen-bond donors (Lipinski definition) is 1. The Morgan fingerprint density at radius 1 is 1.10 bits per heavy atom. The molecule has 1 atom stereocenters. The number of carbonyl (C=O) groups is 1. The van der Waals surface area contributed by atoms with Crippen molar-refractivity contribution < 1.29 is 13.9 Å². The van der Waals surface area contributed by atoms with Crippen molar-refractivity contribution in [3.05, 3.63) is 81.2 Å². The van der Waals surface area contributed by atoms with Crippen LogP contribution < -0.4 is 10.7 Å². The van der Waals surface area contributed by atoms with Gasteiger partial charge in [-0.05, 0) is 36.6 Å². The summed E-state index contributed by atoms with van der Waals surface area (Å²) in [5, 5.41) is 3.46. The zero-order valence-electron chi connectivity index (χ0n) is 17.3. The minimum atomic E-state index is -0.385. The summed E-state index contributed by atoms with van der Waals surface area (Å²) in [7, 11) is 0. The van der Waals surface area contributed by atoms with Gasteiger partial charge < -0.3 is 14.5 Å². The topological polar surface area (TPSA) is 71.8 Å². The number of hydrogen-bond acceptors (Lipinski definition) is 5. The number of aryl methyl sites for hydroxylation is 2. The van der Waals surface area contributed by atoms with E-state index in [1.54, 1.807) is 6.07 Å². The molecule has 30 heavy (non-hydrogen) atoms. The molecule has 2 heterocycles. The summed E-state index contributed by atoms with van der Waals surface area (Å²) in [6, 6.07) is 15.0. The number of benzene rings is 2. The third-order valence-electron chi connectivity index (χ3n) is 5.77. The molecule has 6 nitrogen and oxygen atoms in total. The van der Waals surface area contributed by atoms with E-state index in [0.717, 1.165) is 29.8 Å². The Hall–Kier alpha value is -2.96. The number of nitrogens with zero attached hydrogens (tertiary/aromatic N) is 1. The molecule has 3 aromatic rings. The summed E-state index contributed by atoms with van der Waals surface area (Å²) >= 11 is 0. The van der Waals surface area contributed by atoms with Crippen LogP contribution in [0.3, 0.4) is 0 Å². The monoisotopic (exact) mass is 406 g/mol. The lowest BCUT2D eigenvalue weighted by Gasteiger charge is -2.34. The highest BCUT2D eigenvalue weighted by molar-refractivity contribution is 5.93. The quantitative estimate of drug-likeness (QED) is 0.705. The second kappa shape index (κ2) is 8.81. The van der Waals surface area contributed by atoms with E-state index in [9.17, 15) is 9.59 Å². The molecule has 1 aliphatic heterocycles. The molecule has 1 fully saturated rings. The Labute approximate surface area is 175 Å². The van der Waals surface area contributed by atoms with Crippen LogP contribution in [0.1, 0.15) is 33.3 Å². The average Bonchev–Trinajstić information content (AvgIpc) is 2.78. The van der Waals surface area contributed by atoms with E-state index in [4.69, 9.17) is 9.15 Å². The number of rotatable bonds is 5. The van der Waals surface area contributed by atoms with Crippen LogP contribution in [0.5, 0.6) is 0 Å². The minimum absolute atomic E-state index is 0.0233. The van der Waals surface area contributed by atoms with Gasteiger partial charge in [0, 0.05) is 25.7 Å². The molecule has 1 N–H and O–H groups in total. The van der Waals surface area contributed by atoms with Crippen molar-refractivity contribution in [2.45, 2.75) is 19.9 Å². The Bertz CT molecular complexity index is 1100. The molecule has 1 unspecified atom stereocenters. The summed E-state index contributed by atoms with van der Waals surface area (Å²) in [5.41, 5.74) is 3.28. The van der Waals surface area contributed by atoms with Gasteiger partial charge in [-0.15, -0.1) is 0 Å². The predicted molar refractivity (Wildman–Crippen MR) is 116 cm³/mol. The van der Waals surface area contributed by atoms with Crippen molar-refractivity contribution in [1.82, 2.24) is 10.2 Å². The molecule has 1 saturated heterocycles. The molecule has 0 radical (unpaired) electrons. The molecule has 1 aliphatic rings. The zero-order chi connectivity index (χ0) is 21.1. The molecule has 0 bridgehead atoms. The van der Waals surface area contributed by atoms with Crippen molar-refractivity contribution >= 4 is 16.9 Å². The van der Waals surface area contributed by atoms with Crippen LogP contribution in [-0.4, -0.2) is 43.7 Å². The van der Waals surface area contributed by atoms with Gasteiger partial charge in [-0.25, -0.2) is 0 Å². The van der Waals surface area contributed by atoms with E-state index >= 15 is 0 Å². The van der Waals surface area contributed by atoms with E-state index in [2.05, 4.69) is 22.3 Å². The highest BCUT2D eigenvalue weighted by Crippen LogP contribution is 2.22. The van der Waals surface area contributed by atoms with Gasteiger partial charge in [0.25, 0.3) is 5.91 Å². The lowest BCUT2D eigenvalue weighted by Crippen LogP contribution is -2.43. The van der Waals surface area contributed by atoms with Gasteiger partial charge in [-0.1, -0.05) is 36.4 Å². The summed E-state index contributed by atoms with van der Waals surface area (Å²) in [4.78, 5) is 27.7. The molecule has 0 spiro atoms. The summed E-state index contributed by atoms with van der Waals surface area (Å²) in [6.07, 6.45) is 0. The molecular formula is C24H26N2O4.